The van der Waals surface area contributed by atoms with Crippen LogP contribution < -0.4 is 11.1 Å². The van der Waals surface area contributed by atoms with Gasteiger partial charge in [0.05, 0.1) is 0 Å². The van der Waals surface area contributed by atoms with E-state index in [0.29, 0.717) is 28.0 Å². The van der Waals surface area contributed by atoms with Crippen LogP contribution in [0.3, 0.4) is 0 Å². The van der Waals surface area contributed by atoms with Crippen molar-refractivity contribution in [2.45, 2.75) is 12.1 Å². The van der Waals surface area contributed by atoms with Gasteiger partial charge in [-0.3, -0.25) is 9.78 Å². The maximum absolute atomic E-state index is 13.0. The number of anilines is 1. The standard InChI is InChI=1S/C19H19F2N4OP/c20-19(21,27)9-13-1-4-16(5-2-13)25-18(26)6-3-14-12-24-8-7-17(14)15(10-22)11-23/h1-8,10-12,22H,9,23,27H2,(H,25,26)/b6-3+,15-11?,22-10?. The summed E-state index contributed by atoms with van der Waals surface area (Å²) in [5, 5.41) is 10.0. The van der Waals surface area contributed by atoms with Crippen molar-refractivity contribution in [1.29, 1.82) is 5.41 Å². The lowest BCUT2D eigenvalue weighted by atomic mass is 10.0. The Kier molecular flexibility index (Phi) is 6.91. The van der Waals surface area contributed by atoms with E-state index in [2.05, 4.69) is 10.3 Å². The molecule has 1 aromatic carbocycles. The third-order valence-corrected chi connectivity index (χ3v) is 3.78. The monoisotopic (exact) mass is 388 g/mol. The third kappa shape index (κ3) is 6.38. The zero-order chi connectivity index (χ0) is 19.9. The zero-order valence-electron chi connectivity index (χ0n) is 14.3. The molecule has 140 valence electrons. The summed E-state index contributed by atoms with van der Waals surface area (Å²) in [6.07, 6.45) is 8.05. The molecule has 4 N–H and O–H groups in total. The number of alkyl halides is 2. The summed E-state index contributed by atoms with van der Waals surface area (Å²) >= 11 is 0. The summed E-state index contributed by atoms with van der Waals surface area (Å²) in [7, 11) is 1.50. The van der Waals surface area contributed by atoms with Gasteiger partial charge < -0.3 is 16.5 Å². The Morgan fingerprint density at radius 3 is 2.59 bits per heavy atom. The number of hydrogen-bond donors (Lipinski definition) is 3. The lowest BCUT2D eigenvalue weighted by Gasteiger charge is -2.10. The molecule has 27 heavy (non-hydrogen) atoms. The molecule has 0 fully saturated rings. The molecule has 0 saturated carbocycles. The molecule has 0 bridgehead atoms. The molecule has 1 amide bonds. The molecule has 1 unspecified atom stereocenters. The molecule has 0 aliphatic heterocycles. The van der Waals surface area contributed by atoms with E-state index in [9.17, 15) is 13.6 Å². The predicted molar refractivity (Wildman–Crippen MR) is 108 cm³/mol. The molecular formula is C19H19F2N4OP. The highest BCUT2D eigenvalue weighted by Gasteiger charge is 2.21. The molecule has 0 aliphatic carbocycles. The maximum atomic E-state index is 13.0. The maximum Gasteiger partial charge on any atom is 0.262 e. The number of nitrogens with one attached hydrogen (secondary N) is 2. The summed E-state index contributed by atoms with van der Waals surface area (Å²) in [5.74, 6) is -0.387. The minimum absolute atomic E-state index is 0.387. The van der Waals surface area contributed by atoms with E-state index in [1.807, 2.05) is 0 Å². The Morgan fingerprint density at radius 2 is 2.00 bits per heavy atom. The van der Waals surface area contributed by atoms with Gasteiger partial charge in [-0.1, -0.05) is 21.4 Å². The molecule has 0 aliphatic rings. The second kappa shape index (κ2) is 9.14. The van der Waals surface area contributed by atoms with E-state index >= 15 is 0 Å². The quantitative estimate of drug-likeness (QED) is 0.384. The van der Waals surface area contributed by atoms with Gasteiger partial charge in [-0.25, -0.2) is 8.78 Å². The van der Waals surface area contributed by atoms with Crippen LogP contribution in [0.4, 0.5) is 14.5 Å². The van der Waals surface area contributed by atoms with Crippen molar-refractivity contribution in [3.8, 4) is 0 Å². The van der Waals surface area contributed by atoms with E-state index in [1.54, 1.807) is 48.8 Å². The Morgan fingerprint density at radius 1 is 1.30 bits per heavy atom. The van der Waals surface area contributed by atoms with Gasteiger partial charge >= 0.3 is 0 Å². The summed E-state index contributed by atoms with van der Waals surface area (Å²) in [5.41, 5.74) is 5.42. The molecular weight excluding hydrogens is 369 g/mol. The van der Waals surface area contributed by atoms with Crippen LogP contribution in [0.1, 0.15) is 16.7 Å². The lowest BCUT2D eigenvalue weighted by molar-refractivity contribution is -0.111. The Labute approximate surface area is 158 Å². The lowest BCUT2D eigenvalue weighted by Crippen LogP contribution is -2.10. The first kappa shape index (κ1) is 20.4. The second-order valence-corrected chi connectivity index (χ2v) is 6.53. The molecule has 1 aromatic heterocycles. The second-order valence-electron chi connectivity index (χ2n) is 5.69. The van der Waals surface area contributed by atoms with E-state index in [4.69, 9.17) is 11.1 Å². The van der Waals surface area contributed by atoms with Crippen LogP contribution in [0.2, 0.25) is 0 Å². The molecule has 1 atom stereocenters. The summed E-state index contributed by atoms with van der Waals surface area (Å²) < 4.78 is 25.9. The number of benzene rings is 1. The van der Waals surface area contributed by atoms with Crippen molar-refractivity contribution in [3.63, 3.8) is 0 Å². The van der Waals surface area contributed by atoms with Gasteiger partial charge in [0.1, 0.15) is 0 Å². The van der Waals surface area contributed by atoms with Crippen molar-refractivity contribution in [2.24, 2.45) is 5.73 Å². The summed E-state index contributed by atoms with van der Waals surface area (Å²) in [4.78, 5) is 16.1. The van der Waals surface area contributed by atoms with Crippen LogP contribution in [0.5, 0.6) is 0 Å². The zero-order valence-corrected chi connectivity index (χ0v) is 15.5. The highest BCUT2D eigenvalue weighted by atomic mass is 31.0. The smallest absolute Gasteiger partial charge is 0.262 e. The first-order valence-electron chi connectivity index (χ1n) is 7.94. The number of nitrogens with two attached hydrogens (primary N) is 1. The first-order valence-corrected chi connectivity index (χ1v) is 8.51. The van der Waals surface area contributed by atoms with Crippen LogP contribution in [0.25, 0.3) is 11.6 Å². The fourth-order valence-electron chi connectivity index (χ4n) is 2.35. The summed E-state index contributed by atoms with van der Waals surface area (Å²) in [6.45, 7) is 0. The van der Waals surface area contributed by atoms with E-state index in [-0.39, 0.29) is 12.3 Å². The highest BCUT2D eigenvalue weighted by molar-refractivity contribution is 7.18. The number of hydrogen-bond acceptors (Lipinski definition) is 4. The van der Waals surface area contributed by atoms with Crippen molar-refractivity contribution in [2.75, 3.05) is 5.32 Å². The van der Waals surface area contributed by atoms with E-state index in [1.165, 1.54) is 21.5 Å². The molecule has 2 aromatic rings. The van der Waals surface area contributed by atoms with Crippen molar-refractivity contribution in [3.05, 3.63) is 71.7 Å². The molecule has 0 radical (unpaired) electrons. The number of amides is 1. The first-order chi connectivity index (χ1) is 12.8. The van der Waals surface area contributed by atoms with E-state index in [0.717, 1.165) is 6.21 Å². The Hall–Kier alpha value is -2.92. The molecule has 0 saturated heterocycles. The third-order valence-electron chi connectivity index (χ3n) is 3.57. The van der Waals surface area contributed by atoms with Crippen LogP contribution in [0, 0.1) is 5.41 Å². The van der Waals surface area contributed by atoms with Crippen LogP contribution in [0.15, 0.2) is 55.0 Å². The number of rotatable bonds is 7. The number of halogens is 2. The van der Waals surface area contributed by atoms with Crippen LogP contribution in [-0.4, -0.2) is 22.8 Å². The minimum atomic E-state index is -2.86. The highest BCUT2D eigenvalue weighted by Crippen LogP contribution is 2.27. The van der Waals surface area contributed by atoms with Gasteiger partial charge in [-0.15, -0.1) is 0 Å². The fourth-order valence-corrected chi connectivity index (χ4v) is 2.58. The van der Waals surface area contributed by atoms with Gasteiger partial charge in [0, 0.05) is 54.1 Å². The summed E-state index contributed by atoms with van der Waals surface area (Å²) in [6, 6.07) is 7.91. The number of nitrogens with zero attached hydrogens (tertiary/aromatic N) is 1. The van der Waals surface area contributed by atoms with Gasteiger partial charge in [-0.05, 0) is 35.4 Å². The van der Waals surface area contributed by atoms with Gasteiger partial charge in [-0.2, -0.15) is 0 Å². The van der Waals surface area contributed by atoms with Gasteiger partial charge in [0.2, 0.25) is 5.91 Å². The molecule has 1 heterocycles. The average Bonchev–Trinajstić information content (AvgIpc) is 2.62. The Balaban J connectivity index is 2.07. The topological polar surface area (TPSA) is 91.9 Å². The molecule has 5 nitrogen and oxygen atoms in total. The van der Waals surface area contributed by atoms with Crippen molar-refractivity contribution < 1.29 is 13.6 Å². The number of carbonyl (C=O) groups is 1. The molecule has 0 spiro atoms. The Bertz CT molecular complexity index is 874. The van der Waals surface area contributed by atoms with Crippen LogP contribution in [-0.2, 0) is 11.2 Å². The largest absolute Gasteiger partial charge is 0.404 e. The molecule has 8 heteroatoms. The fraction of sp³-hybridized carbons (Fsp3) is 0.105. The number of allylic oxidation sites excluding steroid dienone is 1. The number of carbonyl (C=O) groups excluding carboxylic acids is 1. The van der Waals surface area contributed by atoms with E-state index < -0.39 is 5.66 Å². The predicted octanol–water partition coefficient (Wildman–Crippen LogP) is 3.69. The van der Waals surface area contributed by atoms with Crippen molar-refractivity contribution in [1.82, 2.24) is 4.98 Å². The van der Waals surface area contributed by atoms with Crippen LogP contribution >= 0.6 is 9.24 Å². The normalized spacial score (nSPS) is 12.2. The number of pyridine rings is 1. The molecule has 2 rings (SSSR count). The average molecular weight is 388 g/mol. The van der Waals surface area contributed by atoms with Crippen molar-refractivity contribution >= 4 is 38.7 Å². The SMILES string of the molecule is N=CC(=CN)c1ccncc1/C=C/C(=O)Nc1ccc(CC(F)(F)P)cc1. The van der Waals surface area contributed by atoms with Gasteiger partial charge in [0.25, 0.3) is 5.66 Å². The minimum Gasteiger partial charge on any atom is -0.404 e. The van der Waals surface area contributed by atoms with Gasteiger partial charge in [0.15, 0.2) is 0 Å². The number of aromatic nitrogens is 1.